The Morgan fingerprint density at radius 2 is 1.85 bits per heavy atom. The highest BCUT2D eigenvalue weighted by Gasteiger charge is 2.13. The third kappa shape index (κ3) is 3.49. The molecule has 0 spiro atoms. The van der Waals surface area contributed by atoms with Gasteiger partial charge in [0, 0.05) is 12.2 Å². The van der Waals surface area contributed by atoms with Gasteiger partial charge in [-0.05, 0) is 42.0 Å². The maximum atomic E-state index is 12.1. The Balaban J connectivity index is 2.10. The van der Waals surface area contributed by atoms with E-state index in [4.69, 9.17) is 10.5 Å². The molecule has 0 unspecified atom stereocenters. The van der Waals surface area contributed by atoms with Gasteiger partial charge in [0.15, 0.2) is 0 Å². The van der Waals surface area contributed by atoms with Crippen LogP contribution < -0.4 is 15.2 Å². The second-order valence-corrected chi connectivity index (χ2v) is 6.01. The third-order valence-electron chi connectivity index (χ3n) is 2.79. The van der Waals surface area contributed by atoms with Crippen molar-refractivity contribution in [3.05, 3.63) is 54.1 Å². The first-order chi connectivity index (χ1) is 9.51. The van der Waals surface area contributed by atoms with Gasteiger partial charge >= 0.3 is 0 Å². The second kappa shape index (κ2) is 5.94. The lowest BCUT2D eigenvalue weighted by molar-refractivity contribution is 0.414. The van der Waals surface area contributed by atoms with E-state index in [1.54, 1.807) is 31.4 Å². The molecule has 0 atom stereocenters. The molecule has 5 nitrogen and oxygen atoms in total. The van der Waals surface area contributed by atoms with Crippen molar-refractivity contribution in [3.8, 4) is 5.75 Å². The molecule has 0 radical (unpaired) electrons. The van der Waals surface area contributed by atoms with E-state index in [2.05, 4.69) is 4.72 Å². The van der Waals surface area contributed by atoms with Crippen LogP contribution in [0.3, 0.4) is 0 Å². The summed E-state index contributed by atoms with van der Waals surface area (Å²) in [6, 6.07) is 13.3. The highest BCUT2D eigenvalue weighted by atomic mass is 32.2. The van der Waals surface area contributed by atoms with Crippen LogP contribution in [0.5, 0.6) is 5.75 Å². The number of benzene rings is 2. The first-order valence-corrected chi connectivity index (χ1v) is 7.48. The fourth-order valence-electron chi connectivity index (χ4n) is 1.69. The van der Waals surface area contributed by atoms with Crippen LogP contribution in [0, 0.1) is 0 Å². The molecule has 0 bridgehead atoms. The molecular formula is C14H16N2O3S. The van der Waals surface area contributed by atoms with Crippen molar-refractivity contribution < 1.29 is 13.2 Å². The van der Waals surface area contributed by atoms with E-state index in [1.807, 2.05) is 12.1 Å². The predicted molar refractivity (Wildman–Crippen MR) is 77.9 cm³/mol. The minimum Gasteiger partial charge on any atom is -0.497 e. The number of ether oxygens (including phenoxy) is 1. The Hall–Kier alpha value is -2.05. The van der Waals surface area contributed by atoms with Crippen LogP contribution in [-0.4, -0.2) is 15.5 Å². The van der Waals surface area contributed by atoms with Crippen molar-refractivity contribution in [2.75, 3.05) is 12.8 Å². The lowest BCUT2D eigenvalue weighted by Crippen LogP contribution is -2.23. The number of hydrogen-bond donors (Lipinski definition) is 2. The average molecular weight is 292 g/mol. The fraction of sp³-hybridized carbons (Fsp3) is 0.143. The van der Waals surface area contributed by atoms with Crippen molar-refractivity contribution >= 4 is 15.7 Å². The van der Waals surface area contributed by atoms with E-state index in [9.17, 15) is 8.42 Å². The number of anilines is 1. The zero-order chi connectivity index (χ0) is 14.6. The van der Waals surface area contributed by atoms with Crippen molar-refractivity contribution in [1.29, 1.82) is 0 Å². The van der Waals surface area contributed by atoms with Crippen molar-refractivity contribution in [2.24, 2.45) is 0 Å². The Labute approximate surface area is 118 Å². The molecule has 0 saturated carbocycles. The summed E-state index contributed by atoms with van der Waals surface area (Å²) in [5.74, 6) is 0.689. The molecular weight excluding hydrogens is 276 g/mol. The molecule has 0 aliphatic carbocycles. The van der Waals surface area contributed by atoms with E-state index in [1.165, 1.54) is 12.1 Å². The minimum absolute atomic E-state index is 0.189. The summed E-state index contributed by atoms with van der Waals surface area (Å²) in [4.78, 5) is 0.189. The molecule has 0 aliphatic heterocycles. The monoisotopic (exact) mass is 292 g/mol. The van der Waals surface area contributed by atoms with E-state index in [0.29, 0.717) is 11.4 Å². The molecule has 2 rings (SSSR count). The van der Waals surface area contributed by atoms with Gasteiger partial charge in [-0.2, -0.15) is 0 Å². The number of nitrogen functional groups attached to an aromatic ring is 1. The highest BCUT2D eigenvalue weighted by Crippen LogP contribution is 2.15. The average Bonchev–Trinajstić information content (AvgIpc) is 2.46. The van der Waals surface area contributed by atoms with Crippen LogP contribution in [0.15, 0.2) is 53.4 Å². The molecule has 20 heavy (non-hydrogen) atoms. The van der Waals surface area contributed by atoms with Gasteiger partial charge in [0.25, 0.3) is 0 Å². The molecule has 2 aromatic rings. The molecule has 0 aliphatic rings. The number of sulfonamides is 1. The Morgan fingerprint density at radius 1 is 1.15 bits per heavy atom. The summed E-state index contributed by atoms with van der Waals surface area (Å²) in [5, 5.41) is 0. The summed E-state index contributed by atoms with van der Waals surface area (Å²) in [6.07, 6.45) is 0. The molecule has 0 aromatic heterocycles. The van der Waals surface area contributed by atoms with Crippen molar-refractivity contribution in [2.45, 2.75) is 11.4 Å². The van der Waals surface area contributed by atoms with Gasteiger partial charge in [-0.25, -0.2) is 13.1 Å². The Morgan fingerprint density at radius 3 is 2.50 bits per heavy atom. The molecule has 106 valence electrons. The Kier molecular flexibility index (Phi) is 4.26. The number of nitrogens with one attached hydrogen (secondary N) is 1. The largest absolute Gasteiger partial charge is 0.497 e. The van der Waals surface area contributed by atoms with Crippen molar-refractivity contribution in [1.82, 2.24) is 4.72 Å². The first kappa shape index (κ1) is 14.4. The molecule has 0 saturated heterocycles. The molecule has 6 heteroatoms. The third-order valence-corrected chi connectivity index (χ3v) is 4.21. The van der Waals surface area contributed by atoms with E-state index in [-0.39, 0.29) is 11.4 Å². The second-order valence-electron chi connectivity index (χ2n) is 4.25. The maximum absolute atomic E-state index is 12.1. The zero-order valence-corrected chi connectivity index (χ0v) is 11.9. The SMILES string of the molecule is COc1cccc(CNS(=O)(=O)c2ccc(N)cc2)c1. The topological polar surface area (TPSA) is 81.4 Å². The Bertz CT molecular complexity index is 682. The number of methoxy groups -OCH3 is 1. The van der Waals surface area contributed by atoms with Gasteiger partial charge < -0.3 is 10.5 Å². The standard InChI is InChI=1S/C14H16N2O3S/c1-19-13-4-2-3-11(9-13)10-16-20(17,18)14-7-5-12(15)6-8-14/h2-9,16H,10,15H2,1H3. The van der Waals surface area contributed by atoms with E-state index >= 15 is 0 Å². The molecule has 0 amide bonds. The van der Waals surface area contributed by atoms with Gasteiger partial charge in [0.2, 0.25) is 10.0 Å². The smallest absolute Gasteiger partial charge is 0.240 e. The number of rotatable bonds is 5. The number of hydrogen-bond acceptors (Lipinski definition) is 4. The summed E-state index contributed by atoms with van der Waals surface area (Å²) >= 11 is 0. The molecule has 2 aromatic carbocycles. The molecule has 3 N–H and O–H groups in total. The predicted octanol–water partition coefficient (Wildman–Crippen LogP) is 1.76. The first-order valence-electron chi connectivity index (χ1n) is 5.99. The van der Waals surface area contributed by atoms with Gasteiger partial charge in [-0.15, -0.1) is 0 Å². The quantitative estimate of drug-likeness (QED) is 0.823. The fourth-order valence-corrected chi connectivity index (χ4v) is 2.71. The molecule has 0 fully saturated rings. The van der Waals surface area contributed by atoms with Crippen LogP contribution >= 0.6 is 0 Å². The van der Waals surface area contributed by atoms with Crippen LogP contribution in [0.25, 0.3) is 0 Å². The minimum atomic E-state index is -3.54. The van der Waals surface area contributed by atoms with Crippen LogP contribution in [-0.2, 0) is 16.6 Å². The van der Waals surface area contributed by atoms with Gasteiger partial charge in [-0.1, -0.05) is 12.1 Å². The summed E-state index contributed by atoms with van der Waals surface area (Å²) in [6.45, 7) is 0.198. The normalized spacial score (nSPS) is 11.2. The van der Waals surface area contributed by atoms with E-state index in [0.717, 1.165) is 5.56 Å². The van der Waals surface area contributed by atoms with Crippen LogP contribution in [0.4, 0.5) is 5.69 Å². The van der Waals surface area contributed by atoms with Gasteiger partial charge in [-0.3, -0.25) is 0 Å². The zero-order valence-electron chi connectivity index (χ0n) is 11.0. The summed E-state index contributed by atoms with van der Waals surface area (Å²) < 4.78 is 31.8. The summed E-state index contributed by atoms with van der Waals surface area (Å²) in [5.41, 5.74) is 6.89. The van der Waals surface area contributed by atoms with Crippen LogP contribution in [0.2, 0.25) is 0 Å². The maximum Gasteiger partial charge on any atom is 0.240 e. The van der Waals surface area contributed by atoms with Crippen molar-refractivity contribution in [3.63, 3.8) is 0 Å². The highest BCUT2D eigenvalue weighted by molar-refractivity contribution is 7.89. The lowest BCUT2D eigenvalue weighted by Gasteiger charge is -2.08. The van der Waals surface area contributed by atoms with Crippen LogP contribution in [0.1, 0.15) is 5.56 Å². The lowest BCUT2D eigenvalue weighted by atomic mass is 10.2. The van der Waals surface area contributed by atoms with E-state index < -0.39 is 10.0 Å². The summed E-state index contributed by atoms with van der Waals surface area (Å²) in [7, 11) is -1.97. The van der Waals surface area contributed by atoms with Gasteiger partial charge in [0.05, 0.1) is 12.0 Å². The number of nitrogens with two attached hydrogens (primary N) is 1. The molecule has 0 heterocycles. The van der Waals surface area contributed by atoms with Gasteiger partial charge in [0.1, 0.15) is 5.75 Å².